The highest BCUT2D eigenvalue weighted by Gasteiger charge is 2.25. The van der Waals surface area contributed by atoms with Crippen LogP contribution in [0.5, 0.6) is 0 Å². The van der Waals surface area contributed by atoms with Gasteiger partial charge in [-0.2, -0.15) is 0 Å². The van der Waals surface area contributed by atoms with Gasteiger partial charge in [-0.1, -0.05) is 0 Å². The maximum absolute atomic E-state index is 12.1. The van der Waals surface area contributed by atoms with Gasteiger partial charge in [-0.05, 0) is 51.6 Å². The second-order valence-corrected chi connectivity index (χ2v) is 7.12. The lowest BCUT2D eigenvalue weighted by Crippen LogP contribution is -2.40. The summed E-state index contributed by atoms with van der Waals surface area (Å²) >= 11 is 1.59. The molecule has 1 fully saturated rings. The molecule has 0 atom stereocenters. The Kier molecular flexibility index (Phi) is 4.73. The fourth-order valence-electron chi connectivity index (χ4n) is 3.11. The minimum absolute atomic E-state index is 0.0557. The van der Waals surface area contributed by atoms with Crippen molar-refractivity contribution in [3.05, 3.63) is 10.6 Å². The van der Waals surface area contributed by atoms with Crippen molar-refractivity contribution in [1.29, 1.82) is 0 Å². The monoisotopic (exact) mass is 323 g/mol. The summed E-state index contributed by atoms with van der Waals surface area (Å²) in [7, 11) is 0. The first-order chi connectivity index (χ1) is 10.6. The van der Waals surface area contributed by atoms with Crippen LogP contribution in [0, 0.1) is 5.92 Å². The number of aliphatic carboxylic acids is 1. The van der Waals surface area contributed by atoms with E-state index in [-0.39, 0.29) is 11.8 Å². The number of fused-ring (bicyclic) bond motifs is 1. The molecule has 1 aliphatic carbocycles. The summed E-state index contributed by atoms with van der Waals surface area (Å²) in [6, 6.07) is 0. The maximum Gasteiger partial charge on any atom is 0.306 e. The number of piperidine rings is 1. The lowest BCUT2D eigenvalue weighted by molar-refractivity contribution is -0.143. The van der Waals surface area contributed by atoms with Gasteiger partial charge in [0.05, 0.1) is 18.2 Å². The van der Waals surface area contributed by atoms with Gasteiger partial charge in [-0.25, -0.2) is 4.98 Å². The smallest absolute Gasteiger partial charge is 0.306 e. The van der Waals surface area contributed by atoms with Crippen molar-refractivity contribution in [3.63, 3.8) is 0 Å². The molecule has 2 heterocycles. The van der Waals surface area contributed by atoms with Gasteiger partial charge >= 0.3 is 5.97 Å². The predicted octanol–water partition coefficient (Wildman–Crippen LogP) is 1.76. The number of thiazole rings is 1. The summed E-state index contributed by atoms with van der Waals surface area (Å²) in [6.45, 7) is 1.65. The van der Waals surface area contributed by atoms with Gasteiger partial charge < -0.3 is 10.4 Å². The van der Waals surface area contributed by atoms with E-state index in [1.54, 1.807) is 11.3 Å². The molecule has 1 aromatic heterocycles. The Labute approximate surface area is 133 Å². The van der Waals surface area contributed by atoms with Crippen LogP contribution in [0.3, 0.4) is 0 Å². The van der Waals surface area contributed by atoms with E-state index in [0.29, 0.717) is 37.6 Å². The molecule has 1 aromatic rings. The zero-order valence-electron chi connectivity index (χ0n) is 12.5. The number of aromatic nitrogens is 1. The second kappa shape index (κ2) is 6.75. The van der Waals surface area contributed by atoms with Crippen molar-refractivity contribution < 1.29 is 14.7 Å². The summed E-state index contributed by atoms with van der Waals surface area (Å²) in [4.78, 5) is 30.9. The fourth-order valence-corrected chi connectivity index (χ4v) is 4.17. The summed E-state index contributed by atoms with van der Waals surface area (Å²) in [6.07, 6.45) is 5.72. The predicted molar refractivity (Wildman–Crippen MR) is 84.2 cm³/mol. The lowest BCUT2D eigenvalue weighted by Gasteiger charge is -2.29. The molecule has 7 heteroatoms. The molecule has 22 heavy (non-hydrogen) atoms. The van der Waals surface area contributed by atoms with Crippen molar-refractivity contribution in [2.24, 2.45) is 5.92 Å². The number of carbonyl (C=O) groups is 2. The quantitative estimate of drug-likeness (QED) is 0.882. The number of anilines is 1. The molecule has 0 saturated carbocycles. The molecule has 0 bridgehead atoms. The Morgan fingerprint density at radius 3 is 2.68 bits per heavy atom. The number of nitrogens with zero attached hydrogens (tertiary/aromatic N) is 2. The number of likely N-dealkylation sites (tertiary alicyclic amines) is 1. The van der Waals surface area contributed by atoms with Crippen LogP contribution in [0.15, 0.2) is 0 Å². The van der Waals surface area contributed by atoms with Gasteiger partial charge in [0.1, 0.15) is 0 Å². The number of rotatable bonds is 4. The molecule has 1 amide bonds. The van der Waals surface area contributed by atoms with E-state index >= 15 is 0 Å². The van der Waals surface area contributed by atoms with Gasteiger partial charge in [0, 0.05) is 4.88 Å². The van der Waals surface area contributed by atoms with Crippen LogP contribution in [-0.2, 0) is 22.4 Å². The summed E-state index contributed by atoms with van der Waals surface area (Å²) in [5.41, 5.74) is 1.15. The summed E-state index contributed by atoms with van der Waals surface area (Å²) < 4.78 is 0. The molecule has 1 aliphatic heterocycles. The van der Waals surface area contributed by atoms with Gasteiger partial charge in [0.25, 0.3) is 0 Å². The van der Waals surface area contributed by atoms with Crippen molar-refractivity contribution in [2.75, 3.05) is 25.0 Å². The van der Waals surface area contributed by atoms with Crippen molar-refractivity contribution in [3.8, 4) is 0 Å². The zero-order valence-corrected chi connectivity index (χ0v) is 13.3. The molecule has 0 aromatic carbocycles. The normalized spacial score (nSPS) is 19.6. The van der Waals surface area contributed by atoms with Crippen LogP contribution in [0.1, 0.15) is 36.3 Å². The van der Waals surface area contributed by atoms with E-state index in [2.05, 4.69) is 10.3 Å². The van der Waals surface area contributed by atoms with Crippen molar-refractivity contribution in [1.82, 2.24) is 9.88 Å². The highest BCUT2D eigenvalue weighted by atomic mass is 32.1. The number of carboxylic acids is 1. The standard InChI is InChI=1S/C15H21N3O3S/c19-13(9-18-7-5-10(6-8-18)14(20)21)17-15-16-11-3-1-2-4-12(11)22-15/h10H,1-9H2,(H,20,21)(H,16,17,19). The zero-order chi connectivity index (χ0) is 15.5. The highest BCUT2D eigenvalue weighted by molar-refractivity contribution is 7.15. The topological polar surface area (TPSA) is 82.5 Å². The van der Waals surface area contributed by atoms with E-state index in [9.17, 15) is 9.59 Å². The average Bonchev–Trinajstić information content (AvgIpc) is 2.89. The first kappa shape index (κ1) is 15.4. The molecule has 120 valence electrons. The van der Waals surface area contributed by atoms with Gasteiger partial charge in [0.2, 0.25) is 5.91 Å². The Balaban J connectivity index is 1.48. The van der Waals surface area contributed by atoms with E-state index < -0.39 is 5.97 Å². The van der Waals surface area contributed by atoms with Gasteiger partial charge in [-0.3, -0.25) is 14.5 Å². The Morgan fingerprint density at radius 1 is 1.27 bits per heavy atom. The fraction of sp³-hybridized carbons (Fsp3) is 0.667. The molecule has 0 radical (unpaired) electrons. The molecular formula is C15H21N3O3S. The third-order valence-electron chi connectivity index (χ3n) is 4.40. The van der Waals surface area contributed by atoms with Crippen LogP contribution in [0.4, 0.5) is 5.13 Å². The van der Waals surface area contributed by atoms with E-state index in [1.807, 2.05) is 4.90 Å². The number of amides is 1. The van der Waals surface area contributed by atoms with Crippen molar-refractivity contribution in [2.45, 2.75) is 38.5 Å². The van der Waals surface area contributed by atoms with E-state index in [1.165, 1.54) is 17.7 Å². The van der Waals surface area contributed by atoms with Crippen LogP contribution in [0.2, 0.25) is 0 Å². The minimum atomic E-state index is -0.725. The molecule has 0 unspecified atom stereocenters. The van der Waals surface area contributed by atoms with Crippen LogP contribution in [0.25, 0.3) is 0 Å². The Hall–Kier alpha value is -1.47. The SMILES string of the molecule is O=C(CN1CCC(C(=O)O)CC1)Nc1nc2c(s1)CCCC2. The second-order valence-electron chi connectivity index (χ2n) is 6.03. The summed E-state index contributed by atoms with van der Waals surface area (Å²) in [5, 5.41) is 12.6. The highest BCUT2D eigenvalue weighted by Crippen LogP contribution is 2.29. The van der Waals surface area contributed by atoms with E-state index in [0.717, 1.165) is 18.5 Å². The number of hydrogen-bond acceptors (Lipinski definition) is 5. The molecule has 6 nitrogen and oxygen atoms in total. The molecular weight excluding hydrogens is 302 g/mol. The van der Waals surface area contributed by atoms with Gasteiger partial charge in [-0.15, -0.1) is 11.3 Å². The van der Waals surface area contributed by atoms with Crippen LogP contribution in [-0.4, -0.2) is 46.5 Å². The number of hydrogen-bond donors (Lipinski definition) is 2. The maximum atomic E-state index is 12.1. The van der Waals surface area contributed by atoms with Gasteiger partial charge in [0.15, 0.2) is 5.13 Å². The largest absolute Gasteiger partial charge is 0.481 e. The average molecular weight is 323 g/mol. The first-order valence-electron chi connectivity index (χ1n) is 7.85. The molecule has 2 aliphatic rings. The molecule has 0 spiro atoms. The molecule has 2 N–H and O–H groups in total. The number of carbonyl (C=O) groups excluding carboxylic acids is 1. The van der Waals surface area contributed by atoms with E-state index in [4.69, 9.17) is 5.11 Å². The Morgan fingerprint density at radius 2 is 2.00 bits per heavy atom. The molecule has 3 rings (SSSR count). The van der Waals surface area contributed by atoms with Crippen molar-refractivity contribution >= 4 is 28.3 Å². The number of carboxylic acid groups (broad SMARTS) is 1. The van der Waals surface area contributed by atoms with Crippen LogP contribution >= 0.6 is 11.3 Å². The number of nitrogens with one attached hydrogen (secondary N) is 1. The first-order valence-corrected chi connectivity index (χ1v) is 8.67. The number of aryl methyl sites for hydroxylation is 2. The van der Waals surface area contributed by atoms with Crippen LogP contribution < -0.4 is 5.32 Å². The minimum Gasteiger partial charge on any atom is -0.481 e. The Bertz CT molecular complexity index is 541. The third-order valence-corrected chi connectivity index (χ3v) is 5.47. The lowest BCUT2D eigenvalue weighted by atomic mass is 9.97. The molecule has 1 saturated heterocycles. The third kappa shape index (κ3) is 3.64. The summed E-state index contributed by atoms with van der Waals surface area (Å²) in [5.74, 6) is -1.04.